The molecule has 2 rings (SSSR count). The van der Waals surface area contributed by atoms with E-state index in [0.29, 0.717) is 12.5 Å². The molecule has 0 aliphatic heterocycles. The zero-order valence-corrected chi connectivity index (χ0v) is 18.9. The largest absolute Gasteiger partial charge is 0.493 e. The molecule has 9 heteroatoms. The van der Waals surface area contributed by atoms with Gasteiger partial charge in [-0.05, 0) is 13.3 Å². The summed E-state index contributed by atoms with van der Waals surface area (Å²) in [6.07, 6.45) is 1.17. The summed E-state index contributed by atoms with van der Waals surface area (Å²) < 4.78 is 61.9. The first-order chi connectivity index (χ1) is 15.6. The Kier molecular flexibility index (Phi) is 9.81. The van der Waals surface area contributed by atoms with Crippen LogP contribution in [0.1, 0.15) is 57.9 Å². The lowest BCUT2D eigenvalue weighted by atomic mass is 10.1. The predicted octanol–water partition coefficient (Wildman–Crippen LogP) is 6.05. The summed E-state index contributed by atoms with van der Waals surface area (Å²) in [5.74, 6) is -0.554. The molecule has 0 fully saturated rings. The molecule has 0 saturated carbocycles. The minimum Gasteiger partial charge on any atom is -0.493 e. The second-order valence-electron chi connectivity index (χ2n) is 7.65. The quantitative estimate of drug-likeness (QED) is 0.154. The molecule has 0 aliphatic carbocycles. The summed E-state index contributed by atoms with van der Waals surface area (Å²) in [4.78, 5) is 23.2. The Bertz CT molecular complexity index is 1010. The van der Waals surface area contributed by atoms with Gasteiger partial charge in [-0.1, -0.05) is 45.6 Å². The van der Waals surface area contributed by atoms with E-state index in [-0.39, 0.29) is 47.9 Å². The van der Waals surface area contributed by atoms with Crippen molar-refractivity contribution in [1.29, 1.82) is 0 Å². The molecule has 1 aromatic heterocycles. The van der Waals surface area contributed by atoms with Gasteiger partial charge in [-0.3, -0.25) is 0 Å². The Labute approximate surface area is 190 Å². The zero-order valence-electron chi connectivity index (χ0n) is 18.9. The normalized spacial score (nSPS) is 11.4. The molecule has 0 unspecified atom stereocenters. The van der Waals surface area contributed by atoms with E-state index in [9.17, 15) is 22.8 Å². The fourth-order valence-electron chi connectivity index (χ4n) is 3.14. The second-order valence-corrected chi connectivity index (χ2v) is 7.65. The smallest absolute Gasteiger partial charge is 0.417 e. The second kappa shape index (κ2) is 12.3. The van der Waals surface area contributed by atoms with Crippen LogP contribution >= 0.6 is 0 Å². The molecule has 182 valence electrons. The summed E-state index contributed by atoms with van der Waals surface area (Å²) in [5, 5.41) is -0.339. The summed E-state index contributed by atoms with van der Waals surface area (Å²) >= 11 is 0. The third-order valence-electron chi connectivity index (χ3n) is 4.78. The minimum atomic E-state index is -4.77. The monoisotopic (exact) mass is 470 g/mol. The Morgan fingerprint density at radius 2 is 1.70 bits per heavy atom. The first kappa shape index (κ1) is 26.3. The van der Waals surface area contributed by atoms with Gasteiger partial charge in [0.15, 0.2) is 0 Å². The highest BCUT2D eigenvalue weighted by Gasteiger charge is 2.35. The lowest BCUT2D eigenvalue weighted by molar-refractivity contribution is -0.139. The van der Waals surface area contributed by atoms with Crippen LogP contribution in [0, 0.1) is 0 Å². The number of ether oxygens (including phenoxy) is 3. The molecule has 2 aromatic rings. The van der Waals surface area contributed by atoms with Crippen molar-refractivity contribution in [1.82, 2.24) is 0 Å². The number of alkyl halides is 3. The van der Waals surface area contributed by atoms with Crippen LogP contribution in [0.3, 0.4) is 0 Å². The first-order valence-electron chi connectivity index (χ1n) is 10.9. The van der Waals surface area contributed by atoms with Crippen molar-refractivity contribution in [3.8, 4) is 11.5 Å². The number of hydrogen-bond donors (Lipinski definition) is 0. The third-order valence-corrected chi connectivity index (χ3v) is 4.78. The Morgan fingerprint density at radius 1 is 1.00 bits per heavy atom. The van der Waals surface area contributed by atoms with E-state index >= 15 is 0 Å². The summed E-state index contributed by atoms with van der Waals surface area (Å²) in [7, 11) is 0. The van der Waals surface area contributed by atoms with Gasteiger partial charge in [0.2, 0.25) is 0 Å². The fraction of sp³-hybridized carbons (Fsp3) is 0.500. The summed E-state index contributed by atoms with van der Waals surface area (Å²) in [6.45, 7) is 7.13. The number of halogens is 3. The van der Waals surface area contributed by atoms with Gasteiger partial charge in [-0.25, -0.2) is 9.59 Å². The topological polar surface area (TPSA) is 75.0 Å². The number of esters is 1. The minimum absolute atomic E-state index is 0.0649. The van der Waals surface area contributed by atoms with Crippen LogP contribution in [-0.4, -0.2) is 25.8 Å². The van der Waals surface area contributed by atoms with E-state index in [1.807, 2.05) is 0 Å². The molecule has 0 radical (unpaired) electrons. The average molecular weight is 470 g/mol. The number of rotatable bonds is 13. The van der Waals surface area contributed by atoms with Crippen molar-refractivity contribution >= 4 is 16.9 Å². The maximum atomic E-state index is 13.6. The van der Waals surface area contributed by atoms with Crippen LogP contribution in [-0.2, 0) is 15.7 Å². The SMILES string of the molecule is C=C(C)C(=O)OCCOc1cc(OCCCCCCCC)c2c(C(F)(F)F)cc(=O)oc2c1. The molecular formula is C24H29F3O6. The van der Waals surface area contributed by atoms with E-state index in [2.05, 4.69) is 13.5 Å². The number of carbonyl (C=O) groups is 1. The van der Waals surface area contributed by atoms with Gasteiger partial charge in [-0.15, -0.1) is 0 Å². The van der Waals surface area contributed by atoms with Crippen molar-refractivity contribution < 1.29 is 36.6 Å². The molecule has 0 atom stereocenters. The Balaban J connectivity index is 2.23. The lowest BCUT2D eigenvalue weighted by Crippen LogP contribution is -2.13. The average Bonchev–Trinajstić information content (AvgIpc) is 2.74. The van der Waals surface area contributed by atoms with Crippen molar-refractivity contribution in [3.63, 3.8) is 0 Å². The molecule has 0 amide bonds. The van der Waals surface area contributed by atoms with Crippen molar-refractivity contribution in [2.75, 3.05) is 19.8 Å². The highest BCUT2D eigenvalue weighted by atomic mass is 19.4. The molecule has 33 heavy (non-hydrogen) atoms. The van der Waals surface area contributed by atoms with Gasteiger partial charge in [0.05, 0.1) is 17.6 Å². The molecule has 0 bridgehead atoms. The van der Waals surface area contributed by atoms with E-state index in [1.165, 1.54) is 19.1 Å². The maximum Gasteiger partial charge on any atom is 0.417 e. The van der Waals surface area contributed by atoms with Gasteiger partial charge < -0.3 is 18.6 Å². The van der Waals surface area contributed by atoms with Gasteiger partial charge in [0.25, 0.3) is 0 Å². The number of hydrogen-bond acceptors (Lipinski definition) is 6. The zero-order chi connectivity index (χ0) is 24.4. The number of unbranched alkanes of at least 4 members (excludes halogenated alkanes) is 5. The van der Waals surface area contributed by atoms with Crippen LogP contribution in [0.5, 0.6) is 11.5 Å². The van der Waals surface area contributed by atoms with E-state index in [0.717, 1.165) is 32.1 Å². The number of benzene rings is 1. The Hall–Kier alpha value is -2.97. The lowest BCUT2D eigenvalue weighted by Gasteiger charge is -2.16. The van der Waals surface area contributed by atoms with Crippen LogP contribution in [0.4, 0.5) is 13.2 Å². The highest BCUT2D eigenvalue weighted by molar-refractivity contribution is 5.89. The molecular weight excluding hydrogens is 441 g/mol. The van der Waals surface area contributed by atoms with Crippen LogP contribution in [0.15, 0.2) is 39.6 Å². The standard InChI is InChI=1S/C24H29F3O6/c1-4-5-6-7-8-9-10-31-19-13-17(30-11-12-32-23(29)16(2)3)14-20-22(19)18(24(25,26)27)15-21(28)33-20/h13-15H,2,4-12H2,1,3H3. The van der Waals surface area contributed by atoms with Gasteiger partial charge in [0, 0.05) is 23.8 Å². The Morgan fingerprint density at radius 3 is 2.36 bits per heavy atom. The molecule has 6 nitrogen and oxygen atoms in total. The third kappa shape index (κ3) is 8.14. The molecule has 1 aromatic carbocycles. The number of fused-ring (bicyclic) bond motifs is 1. The molecule has 0 saturated heterocycles. The van der Waals surface area contributed by atoms with E-state index in [1.54, 1.807) is 0 Å². The van der Waals surface area contributed by atoms with Crippen LogP contribution < -0.4 is 15.1 Å². The summed E-state index contributed by atoms with van der Waals surface area (Å²) in [6, 6.07) is 2.91. The fourth-order valence-corrected chi connectivity index (χ4v) is 3.14. The molecule has 0 N–H and O–H groups in total. The van der Waals surface area contributed by atoms with E-state index in [4.69, 9.17) is 18.6 Å². The van der Waals surface area contributed by atoms with Gasteiger partial charge in [0.1, 0.15) is 30.3 Å². The summed E-state index contributed by atoms with van der Waals surface area (Å²) in [5.41, 5.74) is -2.34. The highest BCUT2D eigenvalue weighted by Crippen LogP contribution is 2.40. The molecule has 1 heterocycles. The van der Waals surface area contributed by atoms with Crippen LogP contribution in [0.25, 0.3) is 11.0 Å². The van der Waals surface area contributed by atoms with Gasteiger partial charge >= 0.3 is 17.8 Å². The van der Waals surface area contributed by atoms with Crippen molar-refractivity contribution in [3.05, 3.63) is 46.3 Å². The van der Waals surface area contributed by atoms with Crippen molar-refractivity contribution in [2.24, 2.45) is 0 Å². The molecule has 0 aliphatic rings. The van der Waals surface area contributed by atoms with Gasteiger partial charge in [-0.2, -0.15) is 13.2 Å². The first-order valence-corrected chi connectivity index (χ1v) is 10.9. The molecule has 0 spiro atoms. The van der Waals surface area contributed by atoms with Crippen LogP contribution in [0.2, 0.25) is 0 Å². The van der Waals surface area contributed by atoms with E-state index < -0.39 is 23.3 Å². The van der Waals surface area contributed by atoms with Crippen molar-refractivity contribution in [2.45, 2.75) is 58.5 Å². The maximum absolute atomic E-state index is 13.6. The number of carbonyl (C=O) groups excluding carboxylic acids is 1. The predicted molar refractivity (Wildman–Crippen MR) is 118 cm³/mol.